The van der Waals surface area contributed by atoms with Crippen molar-refractivity contribution in [1.29, 1.82) is 0 Å². The minimum Gasteiger partial charge on any atom is -0.486 e. The van der Waals surface area contributed by atoms with Crippen LogP contribution in [0.1, 0.15) is 11.6 Å². The van der Waals surface area contributed by atoms with Crippen LogP contribution in [-0.2, 0) is 13.7 Å². The van der Waals surface area contributed by atoms with Gasteiger partial charge >= 0.3 is 0 Å². The summed E-state index contributed by atoms with van der Waals surface area (Å²) in [7, 11) is 1.91. The van der Waals surface area contributed by atoms with Gasteiger partial charge in [-0.1, -0.05) is 0 Å². The van der Waals surface area contributed by atoms with Crippen LogP contribution in [0.25, 0.3) is 0 Å². The number of aromatic nitrogens is 3. The van der Waals surface area contributed by atoms with Gasteiger partial charge in [0.05, 0.1) is 0 Å². The summed E-state index contributed by atoms with van der Waals surface area (Å²) in [6.07, 6.45) is 0. The first-order chi connectivity index (χ1) is 7.66. The number of anilines is 1. The Hall–Kier alpha value is -2.04. The van der Waals surface area contributed by atoms with Crippen LogP contribution in [0.15, 0.2) is 24.3 Å². The predicted molar refractivity (Wildman–Crippen MR) is 60.9 cm³/mol. The number of nitrogens with zero attached hydrogens (tertiary/aromatic N) is 3. The molecule has 0 fully saturated rings. The molecule has 0 unspecified atom stereocenters. The molecule has 84 valence electrons. The van der Waals surface area contributed by atoms with E-state index in [0.29, 0.717) is 6.61 Å². The van der Waals surface area contributed by atoms with Gasteiger partial charge in [0.2, 0.25) is 0 Å². The zero-order valence-corrected chi connectivity index (χ0v) is 9.34. The van der Waals surface area contributed by atoms with Crippen molar-refractivity contribution in [3.63, 3.8) is 0 Å². The third-order valence-electron chi connectivity index (χ3n) is 2.43. The molecule has 0 spiro atoms. The van der Waals surface area contributed by atoms with Gasteiger partial charge in [-0.15, -0.1) is 10.2 Å². The maximum atomic E-state index is 5.58. The molecule has 0 aliphatic rings. The molecule has 1 aromatic heterocycles. The average molecular weight is 218 g/mol. The first-order valence-electron chi connectivity index (χ1n) is 5.00. The molecule has 1 heterocycles. The van der Waals surface area contributed by atoms with E-state index in [1.165, 1.54) is 0 Å². The SMILES string of the molecule is Cc1nnc(COc2ccc(N)cc2)n1C. The lowest BCUT2D eigenvalue weighted by Crippen LogP contribution is -2.04. The van der Waals surface area contributed by atoms with E-state index < -0.39 is 0 Å². The minimum atomic E-state index is 0.404. The van der Waals surface area contributed by atoms with Crippen LogP contribution in [0.5, 0.6) is 5.75 Å². The quantitative estimate of drug-likeness (QED) is 0.788. The predicted octanol–water partition coefficient (Wildman–Crippen LogP) is 1.28. The molecule has 0 aliphatic carbocycles. The fraction of sp³-hybridized carbons (Fsp3) is 0.273. The van der Waals surface area contributed by atoms with Crippen LogP contribution in [0.2, 0.25) is 0 Å². The number of hydrogen-bond acceptors (Lipinski definition) is 4. The Balaban J connectivity index is 2.02. The fourth-order valence-corrected chi connectivity index (χ4v) is 1.29. The van der Waals surface area contributed by atoms with Crippen molar-refractivity contribution in [2.45, 2.75) is 13.5 Å². The van der Waals surface area contributed by atoms with E-state index in [4.69, 9.17) is 10.5 Å². The molecule has 0 aliphatic heterocycles. The second kappa shape index (κ2) is 4.22. The van der Waals surface area contributed by atoms with E-state index in [0.717, 1.165) is 23.1 Å². The standard InChI is InChI=1S/C11H14N4O/c1-8-13-14-11(15(8)2)7-16-10-5-3-9(12)4-6-10/h3-6H,7,12H2,1-2H3. The average Bonchev–Trinajstić information content (AvgIpc) is 2.60. The number of hydrogen-bond donors (Lipinski definition) is 1. The molecule has 5 heteroatoms. The lowest BCUT2D eigenvalue weighted by Gasteiger charge is -2.05. The molecule has 0 atom stereocenters. The van der Waals surface area contributed by atoms with E-state index in [-0.39, 0.29) is 0 Å². The summed E-state index contributed by atoms with van der Waals surface area (Å²) in [4.78, 5) is 0. The summed E-state index contributed by atoms with van der Waals surface area (Å²) in [5.74, 6) is 2.44. The van der Waals surface area contributed by atoms with Crippen molar-refractivity contribution in [3.8, 4) is 5.75 Å². The van der Waals surface area contributed by atoms with Gasteiger partial charge in [0.15, 0.2) is 5.82 Å². The minimum absolute atomic E-state index is 0.404. The molecule has 0 saturated heterocycles. The topological polar surface area (TPSA) is 66.0 Å². The number of nitrogens with two attached hydrogens (primary N) is 1. The summed E-state index contributed by atoms with van der Waals surface area (Å²) < 4.78 is 7.46. The molecule has 16 heavy (non-hydrogen) atoms. The largest absolute Gasteiger partial charge is 0.486 e. The van der Waals surface area contributed by atoms with Crippen molar-refractivity contribution < 1.29 is 4.74 Å². The van der Waals surface area contributed by atoms with Gasteiger partial charge in [0.25, 0.3) is 0 Å². The third-order valence-corrected chi connectivity index (χ3v) is 2.43. The molecule has 2 aromatic rings. The van der Waals surface area contributed by atoms with Gasteiger partial charge in [-0.3, -0.25) is 0 Å². The Labute approximate surface area is 93.9 Å². The lowest BCUT2D eigenvalue weighted by atomic mass is 10.3. The monoisotopic (exact) mass is 218 g/mol. The van der Waals surface area contributed by atoms with Crippen molar-refractivity contribution in [2.24, 2.45) is 7.05 Å². The maximum absolute atomic E-state index is 5.58. The second-order valence-corrected chi connectivity index (χ2v) is 3.58. The van der Waals surface area contributed by atoms with Crippen LogP contribution in [0, 0.1) is 6.92 Å². The van der Waals surface area contributed by atoms with Gasteiger partial charge in [-0.25, -0.2) is 0 Å². The van der Waals surface area contributed by atoms with E-state index in [2.05, 4.69) is 10.2 Å². The van der Waals surface area contributed by atoms with E-state index in [1.54, 1.807) is 12.1 Å². The van der Waals surface area contributed by atoms with Gasteiger partial charge < -0.3 is 15.0 Å². The summed E-state index contributed by atoms with van der Waals surface area (Å²) in [6.45, 7) is 2.31. The number of ether oxygens (including phenoxy) is 1. The summed E-state index contributed by atoms with van der Waals surface area (Å²) >= 11 is 0. The second-order valence-electron chi connectivity index (χ2n) is 3.58. The molecule has 2 N–H and O–H groups in total. The molecule has 2 rings (SSSR count). The van der Waals surface area contributed by atoms with Crippen LogP contribution in [0.3, 0.4) is 0 Å². The summed E-state index contributed by atoms with van der Waals surface area (Å²) in [5, 5.41) is 7.97. The normalized spacial score (nSPS) is 10.4. The smallest absolute Gasteiger partial charge is 0.170 e. The highest BCUT2D eigenvalue weighted by Crippen LogP contribution is 2.14. The highest BCUT2D eigenvalue weighted by Gasteiger charge is 2.05. The first-order valence-corrected chi connectivity index (χ1v) is 5.00. The molecular weight excluding hydrogens is 204 g/mol. The highest BCUT2D eigenvalue weighted by atomic mass is 16.5. The Morgan fingerprint density at radius 1 is 1.25 bits per heavy atom. The van der Waals surface area contributed by atoms with Crippen LogP contribution >= 0.6 is 0 Å². The maximum Gasteiger partial charge on any atom is 0.170 e. The van der Waals surface area contributed by atoms with E-state index in [1.807, 2.05) is 30.7 Å². The van der Waals surface area contributed by atoms with Crippen LogP contribution in [-0.4, -0.2) is 14.8 Å². The zero-order chi connectivity index (χ0) is 11.5. The molecule has 5 nitrogen and oxygen atoms in total. The van der Waals surface area contributed by atoms with Crippen molar-refractivity contribution in [3.05, 3.63) is 35.9 Å². The highest BCUT2D eigenvalue weighted by molar-refractivity contribution is 5.41. The Morgan fingerprint density at radius 2 is 1.94 bits per heavy atom. The molecular formula is C11H14N4O. The van der Waals surface area contributed by atoms with E-state index >= 15 is 0 Å². The summed E-state index contributed by atoms with van der Waals surface area (Å²) in [6, 6.07) is 7.27. The fourth-order valence-electron chi connectivity index (χ4n) is 1.29. The van der Waals surface area contributed by atoms with E-state index in [9.17, 15) is 0 Å². The van der Waals surface area contributed by atoms with Crippen LogP contribution < -0.4 is 10.5 Å². The van der Waals surface area contributed by atoms with Crippen molar-refractivity contribution in [1.82, 2.24) is 14.8 Å². The Morgan fingerprint density at radius 3 is 2.50 bits per heavy atom. The molecule has 1 aromatic carbocycles. The number of benzene rings is 1. The lowest BCUT2D eigenvalue weighted by molar-refractivity contribution is 0.291. The summed E-state index contributed by atoms with van der Waals surface area (Å²) in [5.41, 5.74) is 6.30. The third kappa shape index (κ3) is 2.13. The van der Waals surface area contributed by atoms with Crippen LogP contribution in [0.4, 0.5) is 5.69 Å². The van der Waals surface area contributed by atoms with Gasteiger partial charge in [-0.05, 0) is 31.2 Å². The molecule has 0 bridgehead atoms. The van der Waals surface area contributed by atoms with Gasteiger partial charge in [-0.2, -0.15) is 0 Å². The first kappa shape index (κ1) is 10.5. The van der Waals surface area contributed by atoms with Gasteiger partial charge in [0.1, 0.15) is 18.2 Å². The molecule has 0 radical (unpaired) electrons. The van der Waals surface area contributed by atoms with Gasteiger partial charge in [0, 0.05) is 12.7 Å². The number of aryl methyl sites for hydroxylation is 1. The Kier molecular flexibility index (Phi) is 2.76. The number of nitrogen functional groups attached to an aromatic ring is 1. The molecule has 0 amide bonds. The Bertz CT molecular complexity index is 475. The van der Waals surface area contributed by atoms with Crippen molar-refractivity contribution in [2.75, 3.05) is 5.73 Å². The zero-order valence-electron chi connectivity index (χ0n) is 9.34. The number of rotatable bonds is 3. The molecule has 0 saturated carbocycles. The van der Waals surface area contributed by atoms with Crippen molar-refractivity contribution >= 4 is 5.69 Å².